The summed E-state index contributed by atoms with van der Waals surface area (Å²) in [6.07, 6.45) is 2.92. The van der Waals surface area contributed by atoms with Gasteiger partial charge in [0.2, 0.25) is 0 Å². The summed E-state index contributed by atoms with van der Waals surface area (Å²) in [5.74, 6) is 0.754. The molecule has 124 valence electrons. The Labute approximate surface area is 131 Å². The van der Waals surface area contributed by atoms with Gasteiger partial charge in [-0.1, -0.05) is 20.8 Å². The summed E-state index contributed by atoms with van der Waals surface area (Å²) >= 11 is 0. The van der Waals surface area contributed by atoms with E-state index < -0.39 is 6.17 Å². The van der Waals surface area contributed by atoms with Crippen molar-refractivity contribution < 1.29 is 4.39 Å². The van der Waals surface area contributed by atoms with Crippen LogP contribution in [0.1, 0.15) is 53.9 Å². The van der Waals surface area contributed by atoms with E-state index in [0.29, 0.717) is 23.9 Å². The van der Waals surface area contributed by atoms with Gasteiger partial charge in [-0.15, -0.1) is 0 Å². The van der Waals surface area contributed by atoms with E-state index in [0.717, 1.165) is 19.5 Å². The summed E-state index contributed by atoms with van der Waals surface area (Å²) < 4.78 is 14.3. The number of halogens is 1. The molecule has 0 radical (unpaired) electrons. The third kappa shape index (κ3) is 4.41. The fraction of sp³-hybridized carbons (Fsp3) is 1.00. The van der Waals surface area contributed by atoms with Crippen molar-refractivity contribution in [2.75, 3.05) is 32.7 Å². The molecule has 0 spiro atoms. The molecule has 2 rings (SSSR count). The van der Waals surface area contributed by atoms with E-state index in [1.165, 1.54) is 25.9 Å². The first kappa shape index (κ1) is 17.2. The van der Waals surface area contributed by atoms with E-state index in [1.807, 2.05) is 0 Å². The molecule has 2 atom stereocenters. The normalized spacial score (nSPS) is 32.0. The monoisotopic (exact) mass is 298 g/mol. The second-order valence-corrected chi connectivity index (χ2v) is 8.39. The summed E-state index contributed by atoms with van der Waals surface area (Å²) in [7, 11) is 0. The summed E-state index contributed by atoms with van der Waals surface area (Å²) in [5, 5.41) is 0. The van der Waals surface area contributed by atoms with Gasteiger partial charge in [0.15, 0.2) is 0 Å². The van der Waals surface area contributed by atoms with Crippen LogP contribution in [0, 0.1) is 17.3 Å². The number of hydrogen-bond acceptors (Lipinski definition) is 2. The number of rotatable bonds is 4. The molecule has 2 saturated heterocycles. The summed E-state index contributed by atoms with van der Waals surface area (Å²) in [6.45, 7) is 16.5. The maximum absolute atomic E-state index is 14.3. The Morgan fingerprint density at radius 2 is 1.71 bits per heavy atom. The molecule has 2 heterocycles. The van der Waals surface area contributed by atoms with Crippen LogP contribution in [-0.2, 0) is 0 Å². The van der Waals surface area contributed by atoms with Crippen LogP contribution < -0.4 is 0 Å². The highest BCUT2D eigenvalue weighted by Crippen LogP contribution is 2.35. The van der Waals surface area contributed by atoms with Crippen molar-refractivity contribution in [1.82, 2.24) is 9.80 Å². The number of nitrogens with zero attached hydrogens (tertiary/aromatic N) is 2. The Kier molecular flexibility index (Phi) is 5.70. The van der Waals surface area contributed by atoms with Gasteiger partial charge in [0, 0.05) is 19.1 Å². The molecule has 2 fully saturated rings. The molecule has 0 N–H and O–H groups in total. The molecule has 0 aromatic carbocycles. The summed E-state index contributed by atoms with van der Waals surface area (Å²) in [6, 6.07) is 0.659. The molecular formula is C18H35FN2. The van der Waals surface area contributed by atoms with Crippen LogP contribution in [0.4, 0.5) is 4.39 Å². The van der Waals surface area contributed by atoms with Crippen LogP contribution in [0.2, 0.25) is 0 Å². The van der Waals surface area contributed by atoms with Crippen LogP contribution >= 0.6 is 0 Å². The third-order valence-corrected chi connectivity index (χ3v) is 5.87. The number of hydrogen-bond donors (Lipinski definition) is 0. The third-order valence-electron chi connectivity index (χ3n) is 5.87. The molecule has 2 nitrogen and oxygen atoms in total. The Morgan fingerprint density at radius 1 is 1.10 bits per heavy atom. The molecule has 2 aliphatic heterocycles. The van der Waals surface area contributed by atoms with Crippen LogP contribution in [0.25, 0.3) is 0 Å². The largest absolute Gasteiger partial charge is 0.301 e. The molecule has 0 aromatic heterocycles. The first-order valence-electron chi connectivity index (χ1n) is 8.91. The van der Waals surface area contributed by atoms with Gasteiger partial charge in [0.05, 0.1) is 0 Å². The first-order valence-corrected chi connectivity index (χ1v) is 8.91. The molecule has 0 amide bonds. The maximum atomic E-state index is 14.3. The minimum absolute atomic E-state index is 0.275. The standard InChI is InChI=1S/C18H35FN2/c1-14(2)16-6-9-20(12-17(16)19)13-18(5)7-10-21(11-8-18)15(3)4/h14-17H,6-13H2,1-5H3/t16-,17-/m0/s1. The van der Waals surface area contributed by atoms with Crippen molar-refractivity contribution in [2.24, 2.45) is 17.3 Å². The molecule has 0 unspecified atom stereocenters. The van der Waals surface area contributed by atoms with E-state index in [2.05, 4.69) is 44.4 Å². The number of piperidine rings is 2. The van der Waals surface area contributed by atoms with Crippen molar-refractivity contribution in [3.05, 3.63) is 0 Å². The molecular weight excluding hydrogens is 263 g/mol. The van der Waals surface area contributed by atoms with Crippen LogP contribution in [0.15, 0.2) is 0 Å². The van der Waals surface area contributed by atoms with Crippen molar-refractivity contribution >= 4 is 0 Å². The van der Waals surface area contributed by atoms with Crippen LogP contribution in [0.5, 0.6) is 0 Å². The van der Waals surface area contributed by atoms with E-state index in [9.17, 15) is 4.39 Å². The molecule has 21 heavy (non-hydrogen) atoms. The molecule has 2 aliphatic rings. The smallest absolute Gasteiger partial charge is 0.116 e. The predicted octanol–water partition coefficient (Wildman–Crippen LogP) is 3.81. The second kappa shape index (κ2) is 6.95. The highest BCUT2D eigenvalue weighted by Gasteiger charge is 2.36. The lowest BCUT2D eigenvalue weighted by Crippen LogP contribution is -2.50. The van der Waals surface area contributed by atoms with Crippen LogP contribution in [0.3, 0.4) is 0 Å². The average molecular weight is 298 g/mol. The van der Waals surface area contributed by atoms with E-state index in [4.69, 9.17) is 0 Å². The zero-order valence-corrected chi connectivity index (χ0v) is 14.7. The zero-order chi connectivity index (χ0) is 15.6. The molecule has 3 heteroatoms. The SMILES string of the molecule is CC(C)[C@@H]1CCN(CC2(C)CCN(C(C)C)CC2)C[C@@H]1F. The Balaban J connectivity index is 1.83. The first-order chi connectivity index (χ1) is 9.81. The van der Waals surface area contributed by atoms with Crippen LogP contribution in [-0.4, -0.2) is 54.7 Å². The van der Waals surface area contributed by atoms with E-state index in [-0.39, 0.29) is 5.92 Å². The molecule has 0 bridgehead atoms. The Bertz CT molecular complexity index is 321. The lowest BCUT2D eigenvalue weighted by atomic mass is 9.78. The quantitative estimate of drug-likeness (QED) is 0.778. The van der Waals surface area contributed by atoms with Crippen molar-refractivity contribution in [3.63, 3.8) is 0 Å². The van der Waals surface area contributed by atoms with Gasteiger partial charge < -0.3 is 4.90 Å². The van der Waals surface area contributed by atoms with Gasteiger partial charge in [-0.25, -0.2) is 4.39 Å². The molecule has 0 aliphatic carbocycles. The van der Waals surface area contributed by atoms with Gasteiger partial charge in [0.25, 0.3) is 0 Å². The minimum atomic E-state index is -0.627. The van der Waals surface area contributed by atoms with Gasteiger partial charge >= 0.3 is 0 Å². The lowest BCUT2D eigenvalue weighted by molar-refractivity contribution is 0.0137. The number of alkyl halides is 1. The average Bonchev–Trinajstić information content (AvgIpc) is 2.38. The van der Waals surface area contributed by atoms with E-state index >= 15 is 0 Å². The topological polar surface area (TPSA) is 6.48 Å². The Morgan fingerprint density at radius 3 is 2.19 bits per heavy atom. The fourth-order valence-electron chi connectivity index (χ4n) is 4.16. The fourth-order valence-corrected chi connectivity index (χ4v) is 4.16. The Hall–Kier alpha value is -0.150. The van der Waals surface area contributed by atoms with Crippen molar-refractivity contribution in [3.8, 4) is 0 Å². The zero-order valence-electron chi connectivity index (χ0n) is 14.7. The lowest BCUT2D eigenvalue weighted by Gasteiger charge is -2.45. The number of likely N-dealkylation sites (tertiary alicyclic amines) is 2. The van der Waals surface area contributed by atoms with Gasteiger partial charge in [-0.2, -0.15) is 0 Å². The molecule has 0 saturated carbocycles. The highest BCUT2D eigenvalue weighted by molar-refractivity contribution is 4.89. The predicted molar refractivity (Wildman–Crippen MR) is 88.3 cm³/mol. The van der Waals surface area contributed by atoms with Gasteiger partial charge in [-0.3, -0.25) is 4.90 Å². The minimum Gasteiger partial charge on any atom is -0.301 e. The van der Waals surface area contributed by atoms with Gasteiger partial charge in [-0.05, 0) is 70.0 Å². The highest BCUT2D eigenvalue weighted by atomic mass is 19.1. The van der Waals surface area contributed by atoms with Crippen molar-refractivity contribution in [2.45, 2.75) is 66.1 Å². The summed E-state index contributed by atoms with van der Waals surface area (Å²) in [5.41, 5.74) is 0.385. The molecule has 0 aromatic rings. The van der Waals surface area contributed by atoms with Gasteiger partial charge in [0.1, 0.15) is 6.17 Å². The summed E-state index contributed by atoms with van der Waals surface area (Å²) in [4.78, 5) is 4.97. The maximum Gasteiger partial charge on any atom is 0.116 e. The second-order valence-electron chi connectivity index (χ2n) is 8.39. The van der Waals surface area contributed by atoms with E-state index in [1.54, 1.807) is 0 Å². The van der Waals surface area contributed by atoms with Crippen molar-refractivity contribution in [1.29, 1.82) is 0 Å².